The minimum atomic E-state index is -0.322. The largest absolute Gasteiger partial charge is 0.319 e. The maximum Gasteiger partial charge on any atom is 0.257 e. The molecule has 1 aliphatic heterocycles. The maximum absolute atomic E-state index is 12.5. The predicted molar refractivity (Wildman–Crippen MR) is 93.6 cm³/mol. The van der Waals surface area contributed by atoms with Gasteiger partial charge in [0.05, 0.1) is 22.5 Å². The van der Waals surface area contributed by atoms with Crippen molar-refractivity contribution in [2.45, 2.75) is 32.7 Å². The van der Waals surface area contributed by atoms with Crippen molar-refractivity contribution in [2.24, 2.45) is 0 Å². The molecule has 0 saturated carbocycles. The number of halogens is 1. The Morgan fingerprint density at radius 2 is 2.17 bits per heavy atom. The first-order chi connectivity index (χ1) is 11.5. The second-order valence-corrected chi connectivity index (χ2v) is 6.48. The van der Waals surface area contributed by atoms with E-state index in [0.29, 0.717) is 34.9 Å². The Kier molecular flexibility index (Phi) is 4.57. The fraction of sp³-hybridized carbons (Fsp3) is 0.353. The number of carbonyl (C=O) groups excluding carboxylic acids is 2. The first-order valence-electron chi connectivity index (χ1n) is 7.91. The van der Waals surface area contributed by atoms with Crippen LogP contribution in [0.15, 0.2) is 30.6 Å². The monoisotopic (exact) mass is 346 g/mol. The Bertz CT molecular complexity index is 785. The van der Waals surface area contributed by atoms with Gasteiger partial charge in [-0.15, -0.1) is 0 Å². The van der Waals surface area contributed by atoms with Crippen molar-refractivity contribution in [1.29, 1.82) is 0 Å². The van der Waals surface area contributed by atoms with Crippen molar-refractivity contribution in [3.8, 4) is 0 Å². The van der Waals surface area contributed by atoms with E-state index in [1.807, 2.05) is 13.8 Å². The summed E-state index contributed by atoms with van der Waals surface area (Å²) >= 11 is 6.17. The van der Waals surface area contributed by atoms with E-state index in [9.17, 15) is 9.59 Å². The van der Waals surface area contributed by atoms with Crippen molar-refractivity contribution in [3.63, 3.8) is 0 Å². The Morgan fingerprint density at radius 1 is 1.38 bits per heavy atom. The highest BCUT2D eigenvalue weighted by atomic mass is 35.5. The van der Waals surface area contributed by atoms with Gasteiger partial charge in [0, 0.05) is 30.9 Å². The minimum absolute atomic E-state index is 0.0712. The standard InChI is InChI=1S/C17H19ClN4O2/c1-11(2)22-10-12(9-19-22)20-17(24)14-8-13(5-6-15(14)18)21-7-3-4-16(21)23/h5-6,8-11H,3-4,7H2,1-2H3,(H,20,24). The highest BCUT2D eigenvalue weighted by molar-refractivity contribution is 6.34. The van der Waals surface area contributed by atoms with Gasteiger partial charge >= 0.3 is 0 Å². The SMILES string of the molecule is CC(C)n1cc(NC(=O)c2cc(N3CCCC3=O)ccc2Cl)cn1. The molecule has 24 heavy (non-hydrogen) atoms. The molecule has 1 fully saturated rings. The van der Waals surface area contributed by atoms with Crippen LogP contribution in [0.4, 0.5) is 11.4 Å². The van der Waals surface area contributed by atoms with Gasteiger partial charge in [-0.25, -0.2) is 0 Å². The van der Waals surface area contributed by atoms with Gasteiger partial charge in [0.2, 0.25) is 5.91 Å². The molecule has 0 aliphatic carbocycles. The molecule has 1 N–H and O–H groups in total. The molecule has 0 spiro atoms. The number of rotatable bonds is 4. The van der Waals surface area contributed by atoms with Crippen LogP contribution in [0.5, 0.6) is 0 Å². The van der Waals surface area contributed by atoms with Gasteiger partial charge in [0.15, 0.2) is 0 Å². The van der Waals surface area contributed by atoms with E-state index >= 15 is 0 Å². The predicted octanol–water partition coefficient (Wildman–Crippen LogP) is 3.50. The van der Waals surface area contributed by atoms with E-state index in [1.54, 1.807) is 40.2 Å². The van der Waals surface area contributed by atoms with Crippen molar-refractivity contribution in [1.82, 2.24) is 9.78 Å². The second-order valence-electron chi connectivity index (χ2n) is 6.07. The van der Waals surface area contributed by atoms with Gasteiger partial charge in [-0.05, 0) is 38.5 Å². The van der Waals surface area contributed by atoms with Gasteiger partial charge in [-0.1, -0.05) is 11.6 Å². The number of nitrogens with one attached hydrogen (secondary N) is 1. The van der Waals surface area contributed by atoms with Crippen molar-refractivity contribution in [3.05, 3.63) is 41.2 Å². The quantitative estimate of drug-likeness (QED) is 0.921. The Hall–Kier alpha value is -2.34. The van der Waals surface area contributed by atoms with E-state index < -0.39 is 0 Å². The molecule has 1 saturated heterocycles. The minimum Gasteiger partial charge on any atom is -0.319 e. The molecule has 0 bridgehead atoms. The lowest BCUT2D eigenvalue weighted by molar-refractivity contribution is -0.117. The Morgan fingerprint density at radius 3 is 2.79 bits per heavy atom. The summed E-state index contributed by atoms with van der Waals surface area (Å²) in [5, 5.41) is 7.33. The molecule has 0 radical (unpaired) electrons. The highest BCUT2D eigenvalue weighted by Crippen LogP contribution is 2.27. The number of carbonyl (C=O) groups is 2. The normalized spacial score (nSPS) is 14.5. The molecule has 2 heterocycles. The van der Waals surface area contributed by atoms with E-state index in [1.165, 1.54) is 0 Å². The summed E-state index contributed by atoms with van der Waals surface area (Å²) in [5.74, 6) is -0.251. The summed E-state index contributed by atoms with van der Waals surface area (Å²) in [5.41, 5.74) is 1.64. The van der Waals surface area contributed by atoms with Crippen LogP contribution in [0.25, 0.3) is 0 Å². The molecule has 7 heteroatoms. The molecule has 1 aromatic heterocycles. The van der Waals surface area contributed by atoms with Gasteiger partial charge in [0.25, 0.3) is 5.91 Å². The second kappa shape index (κ2) is 6.65. The third-order valence-electron chi connectivity index (χ3n) is 3.97. The lowest BCUT2D eigenvalue weighted by atomic mass is 10.1. The Labute approximate surface area is 145 Å². The number of aromatic nitrogens is 2. The third kappa shape index (κ3) is 3.28. The van der Waals surface area contributed by atoms with Crippen LogP contribution in [0, 0.1) is 0 Å². The molecule has 1 aliphatic rings. The first-order valence-corrected chi connectivity index (χ1v) is 8.29. The number of benzene rings is 1. The van der Waals surface area contributed by atoms with E-state index in [-0.39, 0.29) is 17.9 Å². The topological polar surface area (TPSA) is 67.2 Å². The van der Waals surface area contributed by atoms with E-state index in [0.717, 1.165) is 6.42 Å². The van der Waals surface area contributed by atoms with Crippen LogP contribution in [0.2, 0.25) is 5.02 Å². The van der Waals surface area contributed by atoms with Crippen LogP contribution >= 0.6 is 11.6 Å². The maximum atomic E-state index is 12.5. The van der Waals surface area contributed by atoms with Crippen molar-refractivity contribution >= 4 is 34.8 Å². The average molecular weight is 347 g/mol. The summed E-state index contributed by atoms with van der Waals surface area (Å²) in [6, 6.07) is 5.28. The zero-order valence-corrected chi connectivity index (χ0v) is 14.4. The summed E-state index contributed by atoms with van der Waals surface area (Å²) in [6.45, 7) is 4.68. The molecule has 2 aromatic rings. The van der Waals surface area contributed by atoms with E-state index in [2.05, 4.69) is 10.4 Å². The molecule has 1 aromatic carbocycles. The lowest BCUT2D eigenvalue weighted by Gasteiger charge is -2.17. The number of hydrogen-bond donors (Lipinski definition) is 1. The summed E-state index contributed by atoms with van der Waals surface area (Å²) in [7, 11) is 0. The van der Waals surface area contributed by atoms with Crippen LogP contribution in [-0.4, -0.2) is 28.1 Å². The third-order valence-corrected chi connectivity index (χ3v) is 4.30. The average Bonchev–Trinajstić information content (AvgIpc) is 3.17. The molecule has 126 valence electrons. The van der Waals surface area contributed by atoms with Crippen LogP contribution < -0.4 is 10.2 Å². The lowest BCUT2D eigenvalue weighted by Crippen LogP contribution is -2.24. The van der Waals surface area contributed by atoms with Crippen molar-refractivity contribution < 1.29 is 9.59 Å². The molecular formula is C17H19ClN4O2. The van der Waals surface area contributed by atoms with E-state index in [4.69, 9.17) is 11.6 Å². The molecular weight excluding hydrogens is 328 g/mol. The van der Waals surface area contributed by atoms with Gasteiger partial charge in [0.1, 0.15) is 0 Å². The molecule has 3 rings (SSSR count). The fourth-order valence-electron chi connectivity index (χ4n) is 2.66. The summed E-state index contributed by atoms with van der Waals surface area (Å²) in [4.78, 5) is 26.1. The van der Waals surface area contributed by atoms with Gasteiger partial charge < -0.3 is 10.2 Å². The molecule has 6 nitrogen and oxygen atoms in total. The smallest absolute Gasteiger partial charge is 0.257 e. The number of anilines is 2. The zero-order valence-electron chi connectivity index (χ0n) is 13.6. The summed E-state index contributed by atoms with van der Waals surface area (Å²) < 4.78 is 1.76. The number of amides is 2. The molecule has 2 amide bonds. The highest BCUT2D eigenvalue weighted by Gasteiger charge is 2.23. The molecule has 0 atom stereocenters. The van der Waals surface area contributed by atoms with Crippen LogP contribution in [0.3, 0.4) is 0 Å². The van der Waals surface area contributed by atoms with Crippen LogP contribution in [0.1, 0.15) is 43.1 Å². The van der Waals surface area contributed by atoms with Crippen molar-refractivity contribution in [2.75, 3.05) is 16.8 Å². The molecule has 0 unspecified atom stereocenters. The zero-order chi connectivity index (χ0) is 17.3. The first kappa shape index (κ1) is 16.5. The Balaban J connectivity index is 1.82. The number of hydrogen-bond acceptors (Lipinski definition) is 3. The fourth-order valence-corrected chi connectivity index (χ4v) is 2.86. The number of nitrogens with zero attached hydrogens (tertiary/aromatic N) is 3. The summed E-state index contributed by atoms with van der Waals surface area (Å²) in [6.07, 6.45) is 4.74. The van der Waals surface area contributed by atoms with Gasteiger partial charge in [-0.2, -0.15) is 5.10 Å². The van der Waals surface area contributed by atoms with Crippen LogP contribution in [-0.2, 0) is 4.79 Å². The van der Waals surface area contributed by atoms with Gasteiger partial charge in [-0.3, -0.25) is 14.3 Å².